The predicted molar refractivity (Wildman–Crippen MR) is 187 cm³/mol. The Balaban J connectivity index is 1.17. The molecular weight excluding hydrogens is 656 g/mol. The van der Waals surface area contributed by atoms with Gasteiger partial charge in [-0.1, -0.05) is 25.3 Å². The number of benzene rings is 2. The monoisotopic (exact) mass is 697 g/mol. The van der Waals surface area contributed by atoms with E-state index in [1.54, 1.807) is 0 Å². The quantitative estimate of drug-likeness (QED) is 0.226. The van der Waals surface area contributed by atoms with E-state index >= 15 is 8.78 Å². The van der Waals surface area contributed by atoms with Crippen molar-refractivity contribution in [2.75, 3.05) is 58.1 Å². The molecule has 51 heavy (non-hydrogen) atoms. The van der Waals surface area contributed by atoms with Gasteiger partial charge in [-0.2, -0.15) is 9.97 Å². The van der Waals surface area contributed by atoms with Crippen LogP contribution in [0.5, 0.6) is 17.6 Å². The summed E-state index contributed by atoms with van der Waals surface area (Å²) in [5, 5.41) is 11.7. The molecule has 1 saturated carbocycles. The number of phenols is 1. The van der Waals surface area contributed by atoms with Crippen LogP contribution >= 0.6 is 0 Å². The van der Waals surface area contributed by atoms with Crippen LogP contribution in [-0.2, 0) is 9.47 Å². The molecule has 2 aromatic carbocycles. The molecule has 5 fully saturated rings. The first kappa shape index (κ1) is 32.6. The summed E-state index contributed by atoms with van der Waals surface area (Å²) >= 11 is 0. The van der Waals surface area contributed by atoms with Gasteiger partial charge in [0.15, 0.2) is 5.82 Å². The number of hydrogen-bond donors (Lipinski definition) is 1. The molecule has 4 atom stereocenters. The summed E-state index contributed by atoms with van der Waals surface area (Å²) in [7, 11) is 1.45. The number of terminal acetylenes is 1. The normalized spacial score (nSPS) is 26.7. The van der Waals surface area contributed by atoms with E-state index < -0.39 is 11.6 Å². The van der Waals surface area contributed by atoms with E-state index in [-0.39, 0.29) is 68.3 Å². The Hall–Kier alpha value is -4.31. The lowest BCUT2D eigenvalue weighted by atomic mass is 9.74. The maximum Gasteiger partial charge on any atom is 0.319 e. The van der Waals surface area contributed by atoms with Gasteiger partial charge in [0.1, 0.15) is 34.0 Å². The molecule has 4 saturated heterocycles. The highest BCUT2D eigenvalue weighted by Crippen LogP contribution is 2.50. The molecular formula is C39H41F2N5O5. The van der Waals surface area contributed by atoms with Crippen molar-refractivity contribution in [2.24, 2.45) is 10.8 Å². The largest absolute Gasteiger partial charge is 0.508 e. The van der Waals surface area contributed by atoms with Crippen LogP contribution in [0.2, 0.25) is 0 Å². The van der Waals surface area contributed by atoms with Gasteiger partial charge in [-0.15, -0.1) is 6.42 Å². The van der Waals surface area contributed by atoms with Crippen molar-refractivity contribution in [2.45, 2.75) is 63.6 Å². The van der Waals surface area contributed by atoms with Crippen LogP contribution in [0.1, 0.15) is 51.0 Å². The Morgan fingerprint density at radius 3 is 2.69 bits per heavy atom. The molecule has 5 aliphatic rings. The number of likely N-dealkylation sites (tertiary alicyclic amines) is 1. The van der Waals surface area contributed by atoms with E-state index in [2.05, 4.69) is 27.6 Å². The molecule has 12 heteroatoms. The molecule has 0 amide bonds. The van der Waals surface area contributed by atoms with Gasteiger partial charge in [-0.25, -0.2) is 13.8 Å². The van der Waals surface area contributed by atoms with Crippen LogP contribution in [0.25, 0.3) is 32.9 Å². The zero-order valence-electron chi connectivity index (χ0n) is 28.9. The first-order valence-corrected chi connectivity index (χ1v) is 17.9. The van der Waals surface area contributed by atoms with Gasteiger partial charge in [0.05, 0.1) is 51.2 Å². The van der Waals surface area contributed by atoms with E-state index in [0.29, 0.717) is 42.4 Å². The van der Waals surface area contributed by atoms with Crippen molar-refractivity contribution in [3.05, 3.63) is 41.5 Å². The van der Waals surface area contributed by atoms with Crippen molar-refractivity contribution in [1.82, 2.24) is 19.9 Å². The average Bonchev–Trinajstić information content (AvgIpc) is 3.87. The fourth-order valence-electron chi connectivity index (χ4n) is 9.56. The molecule has 0 spiro atoms. The number of ether oxygens (including phenoxy) is 4. The highest BCUT2D eigenvalue weighted by Gasteiger charge is 2.50. The van der Waals surface area contributed by atoms with Gasteiger partial charge < -0.3 is 29.0 Å². The number of piperidine rings is 1. The number of morpholine rings is 1. The highest BCUT2D eigenvalue weighted by atomic mass is 19.1. The zero-order valence-corrected chi connectivity index (χ0v) is 28.9. The SMILES string of the molecule is C#Cc1c(F)ccc2cc(O)cc(-c3nc(OC)c4c(N5C[C@H]6C[C@@H]5CO6)nc(OC[C@]56CCCC5N(CC5(C)COC5)CCC6)nc4c3F)c12. The van der Waals surface area contributed by atoms with Gasteiger partial charge in [0, 0.05) is 40.9 Å². The third-order valence-corrected chi connectivity index (χ3v) is 11.9. The number of nitrogens with zero attached hydrogens (tertiary/aromatic N) is 5. The number of rotatable bonds is 8. The Kier molecular flexibility index (Phi) is 7.76. The fraction of sp³-hybridized carbons (Fsp3) is 0.513. The first-order chi connectivity index (χ1) is 24.7. The van der Waals surface area contributed by atoms with Gasteiger partial charge >= 0.3 is 6.01 Å². The number of pyridine rings is 1. The minimum absolute atomic E-state index is 0.0393. The number of halogens is 2. The Labute approximate surface area is 295 Å². The Morgan fingerprint density at radius 2 is 1.96 bits per heavy atom. The lowest BCUT2D eigenvalue weighted by Crippen LogP contribution is -2.57. The summed E-state index contributed by atoms with van der Waals surface area (Å²) in [6.45, 7) is 7.48. The van der Waals surface area contributed by atoms with Crippen LogP contribution in [0, 0.1) is 34.8 Å². The minimum atomic E-state index is -0.782. The molecule has 2 bridgehead atoms. The van der Waals surface area contributed by atoms with Crippen LogP contribution in [0.4, 0.5) is 14.6 Å². The molecule has 4 aliphatic heterocycles. The number of hydrogen-bond acceptors (Lipinski definition) is 10. The van der Waals surface area contributed by atoms with E-state index in [1.807, 2.05) is 0 Å². The number of aromatic nitrogens is 3. The molecule has 0 radical (unpaired) electrons. The van der Waals surface area contributed by atoms with Crippen molar-refractivity contribution in [3.8, 4) is 41.2 Å². The summed E-state index contributed by atoms with van der Waals surface area (Å²) in [4.78, 5) is 19.1. The zero-order chi connectivity index (χ0) is 35.1. The van der Waals surface area contributed by atoms with Crippen LogP contribution in [0.3, 0.4) is 0 Å². The molecule has 4 aromatic rings. The second-order valence-electron chi connectivity index (χ2n) is 15.4. The maximum absolute atomic E-state index is 17.2. The molecule has 9 rings (SSSR count). The smallest absolute Gasteiger partial charge is 0.319 e. The summed E-state index contributed by atoms with van der Waals surface area (Å²) in [5.74, 6) is 1.39. The molecule has 10 nitrogen and oxygen atoms in total. The van der Waals surface area contributed by atoms with Gasteiger partial charge in [0.25, 0.3) is 0 Å². The number of methoxy groups -OCH3 is 1. The summed E-state index contributed by atoms with van der Waals surface area (Å²) in [6.07, 6.45) is 12.0. The Bertz CT molecular complexity index is 2100. The van der Waals surface area contributed by atoms with Gasteiger partial charge in [0.2, 0.25) is 5.88 Å². The lowest BCUT2D eigenvalue weighted by molar-refractivity contribution is -0.130. The lowest BCUT2D eigenvalue weighted by Gasteiger charge is -2.50. The average molecular weight is 698 g/mol. The van der Waals surface area contributed by atoms with Crippen molar-refractivity contribution in [1.29, 1.82) is 0 Å². The maximum atomic E-state index is 17.2. The van der Waals surface area contributed by atoms with Gasteiger partial charge in [-0.05, 0) is 62.2 Å². The van der Waals surface area contributed by atoms with E-state index in [1.165, 1.54) is 31.4 Å². The molecule has 6 heterocycles. The third kappa shape index (κ3) is 5.27. The molecule has 1 N–H and O–H groups in total. The van der Waals surface area contributed by atoms with E-state index in [0.717, 1.165) is 64.8 Å². The molecule has 266 valence electrons. The number of anilines is 1. The number of phenolic OH excluding ortho intramolecular Hbond substituents is 1. The van der Waals surface area contributed by atoms with E-state index in [4.69, 9.17) is 35.3 Å². The highest BCUT2D eigenvalue weighted by molar-refractivity contribution is 6.04. The Morgan fingerprint density at radius 1 is 1.12 bits per heavy atom. The summed E-state index contributed by atoms with van der Waals surface area (Å²) in [5.41, 5.74) is -0.0542. The van der Waals surface area contributed by atoms with Crippen molar-refractivity contribution < 1.29 is 32.8 Å². The standard InChI is InChI=1S/C39H41F2N5O5/c1-4-26-28(40)9-8-22-13-24(47)15-27(30(22)26)33-32(41)34-31(36(42-33)48-3)35(46-16-25-14-23(46)17-50-25)44-37(43-34)51-21-39-10-5-7-29(39)45(12-6-11-39)18-38(2)19-49-20-38/h1,8-9,13,15,23,25,29,47H,5-7,10-12,14,16-21H2,2-3H3/t23-,25-,29?,39-/m1/s1. The topological polar surface area (TPSA) is 102 Å². The molecule has 1 aliphatic carbocycles. The van der Waals surface area contributed by atoms with Crippen LogP contribution < -0.4 is 14.4 Å². The first-order valence-electron chi connectivity index (χ1n) is 17.9. The van der Waals surface area contributed by atoms with Crippen LogP contribution in [-0.4, -0.2) is 96.3 Å². The van der Waals surface area contributed by atoms with Crippen LogP contribution in [0.15, 0.2) is 24.3 Å². The molecule has 2 aromatic heterocycles. The third-order valence-electron chi connectivity index (χ3n) is 11.9. The summed E-state index contributed by atoms with van der Waals surface area (Å²) < 4.78 is 56.1. The molecule has 1 unspecified atom stereocenters. The summed E-state index contributed by atoms with van der Waals surface area (Å²) in [6, 6.07) is 6.01. The van der Waals surface area contributed by atoms with E-state index in [9.17, 15) is 5.11 Å². The minimum Gasteiger partial charge on any atom is -0.508 e. The predicted octanol–water partition coefficient (Wildman–Crippen LogP) is 5.85. The van der Waals surface area contributed by atoms with Crippen molar-refractivity contribution in [3.63, 3.8) is 0 Å². The second-order valence-corrected chi connectivity index (χ2v) is 15.4. The number of fused-ring (bicyclic) bond motifs is 5. The fourth-order valence-corrected chi connectivity index (χ4v) is 9.56. The van der Waals surface area contributed by atoms with Crippen molar-refractivity contribution >= 4 is 27.5 Å². The number of aromatic hydroxyl groups is 1. The second kappa shape index (κ2) is 12.1. The van der Waals surface area contributed by atoms with Gasteiger partial charge in [-0.3, -0.25) is 4.90 Å².